The number of Topliss-reactive ketones (excluding diaryl/α,β-unsaturated/α-hetero) is 1. The Hall–Kier alpha value is -3.81. The molecular formula is C27H20ClNO5S. The Kier molecular flexibility index (Phi) is 5.96. The van der Waals surface area contributed by atoms with Crippen LogP contribution in [0.3, 0.4) is 0 Å². The molecule has 1 aromatic heterocycles. The summed E-state index contributed by atoms with van der Waals surface area (Å²) in [7, 11) is 2.90. The van der Waals surface area contributed by atoms with E-state index in [9.17, 15) is 14.7 Å². The first kappa shape index (κ1) is 23.0. The van der Waals surface area contributed by atoms with Crippen molar-refractivity contribution in [2.75, 3.05) is 19.1 Å². The Balaban J connectivity index is 1.77. The van der Waals surface area contributed by atoms with E-state index in [1.54, 1.807) is 6.07 Å². The van der Waals surface area contributed by atoms with Crippen LogP contribution in [0.5, 0.6) is 11.5 Å². The second-order valence-corrected chi connectivity index (χ2v) is 9.26. The molecular weight excluding hydrogens is 486 g/mol. The normalized spacial score (nSPS) is 17.2. The molecule has 0 aliphatic carbocycles. The number of anilines is 1. The second kappa shape index (κ2) is 9.09. The van der Waals surface area contributed by atoms with Gasteiger partial charge in [-0.25, -0.2) is 0 Å². The minimum atomic E-state index is -0.827. The number of thiophene rings is 1. The van der Waals surface area contributed by atoms with Gasteiger partial charge >= 0.3 is 0 Å². The van der Waals surface area contributed by atoms with E-state index in [4.69, 9.17) is 21.1 Å². The van der Waals surface area contributed by atoms with Gasteiger partial charge in [-0.3, -0.25) is 14.5 Å². The lowest BCUT2D eigenvalue weighted by molar-refractivity contribution is -0.132. The van der Waals surface area contributed by atoms with Crippen molar-refractivity contribution in [2.24, 2.45) is 0 Å². The highest BCUT2D eigenvalue weighted by atomic mass is 35.5. The predicted molar refractivity (Wildman–Crippen MR) is 138 cm³/mol. The molecule has 4 aromatic rings. The van der Waals surface area contributed by atoms with E-state index in [1.807, 2.05) is 53.9 Å². The minimum absolute atomic E-state index is 0.0371. The van der Waals surface area contributed by atoms with Gasteiger partial charge in [0.25, 0.3) is 11.7 Å². The summed E-state index contributed by atoms with van der Waals surface area (Å²) in [6.45, 7) is 0. The largest absolute Gasteiger partial charge is 0.507 e. The van der Waals surface area contributed by atoms with Gasteiger partial charge < -0.3 is 14.6 Å². The third kappa shape index (κ3) is 3.73. The van der Waals surface area contributed by atoms with E-state index in [-0.39, 0.29) is 27.7 Å². The van der Waals surface area contributed by atoms with Gasteiger partial charge in [0.1, 0.15) is 23.3 Å². The molecule has 1 aliphatic rings. The lowest BCUT2D eigenvalue weighted by atomic mass is 9.98. The SMILES string of the molecule is COc1cc(OC)c(/C(O)=C2/C(=O)C(=O)N(c3cccc4ccccc34)C2c2cccs2)cc1Cl. The van der Waals surface area contributed by atoms with Gasteiger partial charge in [-0.05, 0) is 29.0 Å². The molecule has 0 saturated carbocycles. The Morgan fingerprint density at radius 3 is 2.43 bits per heavy atom. The zero-order valence-corrected chi connectivity index (χ0v) is 20.4. The summed E-state index contributed by atoms with van der Waals surface area (Å²) in [6.07, 6.45) is 0. The monoisotopic (exact) mass is 505 g/mol. The van der Waals surface area contributed by atoms with Crippen molar-refractivity contribution < 1.29 is 24.2 Å². The lowest BCUT2D eigenvalue weighted by Gasteiger charge is -2.25. The number of fused-ring (bicyclic) bond motifs is 1. The maximum Gasteiger partial charge on any atom is 0.300 e. The highest BCUT2D eigenvalue weighted by Gasteiger charge is 2.48. The smallest absolute Gasteiger partial charge is 0.300 e. The van der Waals surface area contributed by atoms with Gasteiger partial charge in [-0.1, -0.05) is 54.1 Å². The van der Waals surface area contributed by atoms with Crippen LogP contribution in [0.15, 0.2) is 77.7 Å². The summed E-state index contributed by atoms with van der Waals surface area (Å²) in [4.78, 5) is 29.1. The summed E-state index contributed by atoms with van der Waals surface area (Å²) in [5.41, 5.74) is 0.739. The number of carbonyl (C=O) groups is 2. The Morgan fingerprint density at radius 2 is 1.71 bits per heavy atom. The average Bonchev–Trinajstić information content (AvgIpc) is 3.50. The summed E-state index contributed by atoms with van der Waals surface area (Å²) in [6, 6.07) is 19.1. The average molecular weight is 506 g/mol. The van der Waals surface area contributed by atoms with Gasteiger partial charge in [0, 0.05) is 16.3 Å². The second-order valence-electron chi connectivity index (χ2n) is 7.87. The van der Waals surface area contributed by atoms with Crippen LogP contribution in [0.25, 0.3) is 16.5 Å². The molecule has 5 rings (SSSR count). The number of methoxy groups -OCH3 is 2. The maximum absolute atomic E-state index is 13.5. The van der Waals surface area contributed by atoms with Crippen molar-refractivity contribution >= 4 is 56.8 Å². The number of nitrogens with zero attached hydrogens (tertiary/aromatic N) is 1. The fraction of sp³-hybridized carbons (Fsp3) is 0.111. The van der Waals surface area contributed by atoms with E-state index in [0.29, 0.717) is 11.4 Å². The number of carbonyl (C=O) groups excluding carboxylic acids is 2. The summed E-state index contributed by atoms with van der Waals surface area (Å²) in [5.74, 6) is -1.27. The first-order chi connectivity index (χ1) is 17.0. The van der Waals surface area contributed by atoms with Crippen LogP contribution in [-0.4, -0.2) is 31.0 Å². The van der Waals surface area contributed by atoms with E-state index in [1.165, 1.54) is 42.6 Å². The molecule has 1 amide bonds. The van der Waals surface area contributed by atoms with Crippen LogP contribution in [0.1, 0.15) is 16.5 Å². The van der Waals surface area contributed by atoms with E-state index >= 15 is 0 Å². The Bertz CT molecular complexity index is 1490. The highest BCUT2D eigenvalue weighted by molar-refractivity contribution is 7.10. The molecule has 1 aliphatic heterocycles. The van der Waals surface area contributed by atoms with Crippen molar-refractivity contribution in [3.8, 4) is 11.5 Å². The molecule has 3 aromatic carbocycles. The summed E-state index contributed by atoms with van der Waals surface area (Å²) < 4.78 is 10.7. The van der Waals surface area contributed by atoms with Gasteiger partial charge in [0.05, 0.1) is 36.1 Å². The summed E-state index contributed by atoms with van der Waals surface area (Å²) in [5, 5.41) is 15.3. The number of hydrogen-bond acceptors (Lipinski definition) is 6. The molecule has 1 unspecified atom stereocenters. The van der Waals surface area contributed by atoms with E-state index < -0.39 is 17.7 Å². The third-order valence-electron chi connectivity index (χ3n) is 6.01. The third-order valence-corrected chi connectivity index (χ3v) is 7.23. The van der Waals surface area contributed by atoms with Crippen LogP contribution in [0, 0.1) is 0 Å². The molecule has 0 spiro atoms. The standard InChI is InChI=1S/C27H20ClNO5S/c1-33-20-14-21(34-2)18(28)13-17(20)25(30)23-24(22-11-6-12-35-22)29(27(32)26(23)31)19-10-5-8-15-7-3-4-9-16(15)19/h3-14,24,30H,1-2H3/b25-23-. The summed E-state index contributed by atoms with van der Waals surface area (Å²) >= 11 is 7.72. The first-order valence-electron chi connectivity index (χ1n) is 10.7. The first-order valence-corrected chi connectivity index (χ1v) is 12.0. The number of halogens is 1. The lowest BCUT2D eigenvalue weighted by Crippen LogP contribution is -2.29. The van der Waals surface area contributed by atoms with Crippen LogP contribution >= 0.6 is 22.9 Å². The van der Waals surface area contributed by atoms with Crippen molar-refractivity contribution in [1.82, 2.24) is 0 Å². The topological polar surface area (TPSA) is 76.1 Å². The van der Waals surface area contributed by atoms with Crippen molar-refractivity contribution in [1.29, 1.82) is 0 Å². The number of aliphatic hydroxyl groups excluding tert-OH is 1. The number of hydrogen-bond donors (Lipinski definition) is 1. The molecule has 8 heteroatoms. The Morgan fingerprint density at radius 1 is 0.971 bits per heavy atom. The fourth-order valence-electron chi connectivity index (χ4n) is 4.41. The van der Waals surface area contributed by atoms with Crippen molar-refractivity contribution in [3.63, 3.8) is 0 Å². The van der Waals surface area contributed by atoms with Crippen molar-refractivity contribution in [2.45, 2.75) is 6.04 Å². The number of aliphatic hydroxyl groups is 1. The van der Waals surface area contributed by atoms with Crippen LogP contribution in [0.4, 0.5) is 5.69 Å². The zero-order chi connectivity index (χ0) is 24.7. The van der Waals surface area contributed by atoms with Gasteiger partial charge in [-0.2, -0.15) is 0 Å². The minimum Gasteiger partial charge on any atom is -0.507 e. The molecule has 1 saturated heterocycles. The molecule has 0 radical (unpaired) electrons. The number of ether oxygens (including phenoxy) is 2. The molecule has 1 N–H and O–H groups in total. The molecule has 6 nitrogen and oxygen atoms in total. The molecule has 1 atom stereocenters. The zero-order valence-electron chi connectivity index (χ0n) is 18.8. The van der Waals surface area contributed by atoms with Gasteiger partial charge in [0.2, 0.25) is 0 Å². The molecule has 2 heterocycles. The van der Waals surface area contributed by atoms with Crippen LogP contribution in [-0.2, 0) is 9.59 Å². The quantitative estimate of drug-likeness (QED) is 0.198. The number of rotatable bonds is 5. The van der Waals surface area contributed by atoms with Crippen LogP contribution in [0.2, 0.25) is 5.02 Å². The predicted octanol–water partition coefficient (Wildman–Crippen LogP) is 6.20. The number of ketones is 1. The molecule has 1 fully saturated rings. The van der Waals surface area contributed by atoms with E-state index in [0.717, 1.165) is 15.6 Å². The maximum atomic E-state index is 13.5. The van der Waals surface area contributed by atoms with Gasteiger partial charge in [-0.15, -0.1) is 11.3 Å². The number of amides is 1. The van der Waals surface area contributed by atoms with Crippen LogP contribution < -0.4 is 14.4 Å². The van der Waals surface area contributed by atoms with Crippen molar-refractivity contribution in [3.05, 3.63) is 93.1 Å². The number of benzene rings is 3. The highest BCUT2D eigenvalue weighted by Crippen LogP contribution is 2.47. The molecule has 0 bridgehead atoms. The van der Waals surface area contributed by atoms with Gasteiger partial charge in [0.15, 0.2) is 0 Å². The molecule has 176 valence electrons. The molecule has 35 heavy (non-hydrogen) atoms. The van der Waals surface area contributed by atoms with E-state index in [2.05, 4.69) is 0 Å². The fourth-order valence-corrected chi connectivity index (χ4v) is 5.47. The Labute approximate surface area is 210 Å².